The van der Waals surface area contributed by atoms with E-state index in [1.54, 1.807) is 34.2 Å². The van der Waals surface area contributed by atoms with Crippen molar-refractivity contribution in [3.05, 3.63) is 23.6 Å². The van der Waals surface area contributed by atoms with Crippen LogP contribution >= 0.6 is 23.0 Å². The summed E-state index contributed by atoms with van der Waals surface area (Å²) in [6.07, 6.45) is 3.89. The van der Waals surface area contributed by atoms with Crippen LogP contribution in [0.5, 0.6) is 0 Å². The fourth-order valence-corrected chi connectivity index (χ4v) is 2.61. The summed E-state index contributed by atoms with van der Waals surface area (Å²) < 4.78 is 10.0. The Morgan fingerprint density at radius 3 is 2.84 bits per heavy atom. The van der Waals surface area contributed by atoms with Gasteiger partial charge in [-0.15, -0.1) is 0 Å². The number of carbonyl (C=O) groups is 1. The number of hydrazone groups is 1. The standard InChI is InChI=1S/C13H19IN2O3/c1-5-15-16(3)9(2)10-6-7-12(19-14)11(8-10)13(17)18-4/h5,10H,2,6-8H2,1,3-4H3/b15-5-. The molecule has 6 heteroatoms. The topological polar surface area (TPSA) is 51.1 Å². The molecule has 5 nitrogen and oxygen atoms in total. The second-order valence-corrected chi connectivity index (χ2v) is 4.74. The first-order valence-electron chi connectivity index (χ1n) is 6.05. The van der Waals surface area contributed by atoms with Crippen molar-refractivity contribution in [2.75, 3.05) is 14.2 Å². The van der Waals surface area contributed by atoms with Gasteiger partial charge >= 0.3 is 5.97 Å². The molecule has 1 atom stereocenters. The van der Waals surface area contributed by atoms with Gasteiger partial charge in [-0.3, -0.25) is 5.01 Å². The molecule has 1 aliphatic rings. The molecule has 19 heavy (non-hydrogen) atoms. The summed E-state index contributed by atoms with van der Waals surface area (Å²) >= 11 is 1.80. The summed E-state index contributed by atoms with van der Waals surface area (Å²) in [5.41, 5.74) is 1.50. The maximum Gasteiger partial charge on any atom is 0.337 e. The summed E-state index contributed by atoms with van der Waals surface area (Å²) in [4.78, 5) is 11.8. The minimum Gasteiger partial charge on any atom is -0.466 e. The van der Waals surface area contributed by atoms with Crippen molar-refractivity contribution in [2.45, 2.75) is 26.2 Å². The first-order chi connectivity index (χ1) is 9.04. The maximum absolute atomic E-state index is 11.8. The molecule has 0 N–H and O–H groups in total. The van der Waals surface area contributed by atoms with Crippen LogP contribution in [0.4, 0.5) is 0 Å². The van der Waals surface area contributed by atoms with E-state index >= 15 is 0 Å². The Morgan fingerprint density at radius 1 is 1.63 bits per heavy atom. The third-order valence-corrected chi connectivity index (χ3v) is 3.74. The van der Waals surface area contributed by atoms with E-state index in [1.165, 1.54) is 7.11 Å². The molecule has 0 fully saturated rings. The fourth-order valence-electron chi connectivity index (χ4n) is 2.12. The summed E-state index contributed by atoms with van der Waals surface area (Å²) in [7, 11) is 3.24. The van der Waals surface area contributed by atoms with Crippen molar-refractivity contribution < 1.29 is 12.6 Å². The third-order valence-electron chi connectivity index (χ3n) is 3.21. The summed E-state index contributed by atoms with van der Waals surface area (Å²) in [5.74, 6) is 0.557. The van der Waals surface area contributed by atoms with Gasteiger partial charge in [0.2, 0.25) is 0 Å². The minimum atomic E-state index is -0.328. The lowest BCUT2D eigenvalue weighted by Crippen LogP contribution is -2.24. The molecule has 0 spiro atoms. The summed E-state index contributed by atoms with van der Waals surface area (Å²) in [5, 5.41) is 5.92. The molecule has 0 amide bonds. The van der Waals surface area contributed by atoms with E-state index < -0.39 is 0 Å². The van der Waals surface area contributed by atoms with Crippen molar-refractivity contribution in [3.8, 4) is 0 Å². The van der Waals surface area contributed by atoms with E-state index in [0.717, 1.165) is 12.1 Å². The van der Waals surface area contributed by atoms with E-state index in [4.69, 9.17) is 7.80 Å². The molecule has 106 valence electrons. The Morgan fingerprint density at radius 2 is 2.32 bits per heavy atom. The zero-order valence-corrected chi connectivity index (χ0v) is 13.6. The Bertz CT molecular complexity index is 418. The molecule has 0 aromatic carbocycles. The summed E-state index contributed by atoms with van der Waals surface area (Å²) in [6, 6.07) is 0. The molecule has 0 saturated heterocycles. The van der Waals surface area contributed by atoms with E-state index in [1.807, 2.05) is 14.0 Å². The zero-order valence-electron chi connectivity index (χ0n) is 11.5. The number of methoxy groups -OCH3 is 1. The van der Waals surface area contributed by atoms with Crippen LogP contribution in [0.15, 0.2) is 28.7 Å². The van der Waals surface area contributed by atoms with Gasteiger partial charge in [-0.1, -0.05) is 6.58 Å². The third kappa shape index (κ3) is 3.95. The van der Waals surface area contributed by atoms with E-state index in [9.17, 15) is 4.79 Å². The van der Waals surface area contributed by atoms with Gasteiger partial charge in [-0.05, 0) is 19.8 Å². The monoisotopic (exact) mass is 378 g/mol. The number of rotatable bonds is 5. The Kier molecular flexibility index (Phi) is 6.33. The van der Waals surface area contributed by atoms with E-state index in [0.29, 0.717) is 24.2 Å². The molecule has 0 aliphatic heterocycles. The number of halogens is 1. The van der Waals surface area contributed by atoms with Crippen LogP contribution in [0.3, 0.4) is 0 Å². The maximum atomic E-state index is 11.8. The lowest BCUT2D eigenvalue weighted by atomic mass is 9.85. The predicted molar refractivity (Wildman–Crippen MR) is 82.6 cm³/mol. The quantitative estimate of drug-likeness (QED) is 0.319. The number of nitrogens with zero attached hydrogens (tertiary/aromatic N) is 2. The number of esters is 1. The van der Waals surface area contributed by atoms with Gasteiger partial charge < -0.3 is 7.80 Å². The predicted octanol–water partition coefficient (Wildman–Crippen LogP) is 3.03. The molecule has 0 aromatic rings. The Labute approximate surface area is 128 Å². The van der Waals surface area contributed by atoms with Gasteiger partial charge in [0.25, 0.3) is 0 Å². The van der Waals surface area contributed by atoms with Crippen molar-refractivity contribution >= 4 is 35.2 Å². The zero-order chi connectivity index (χ0) is 14.4. The molecular weight excluding hydrogens is 359 g/mol. The van der Waals surface area contributed by atoms with Crippen LogP contribution in [-0.2, 0) is 12.6 Å². The van der Waals surface area contributed by atoms with Crippen LogP contribution in [-0.4, -0.2) is 31.4 Å². The van der Waals surface area contributed by atoms with Crippen LogP contribution in [0.25, 0.3) is 0 Å². The second-order valence-electron chi connectivity index (χ2n) is 4.30. The SMILES string of the molecule is C=C(C1CCC(OI)=C(C(=O)OC)C1)N(C)/N=C\C. The van der Waals surface area contributed by atoms with Crippen LogP contribution in [0, 0.1) is 5.92 Å². The lowest BCUT2D eigenvalue weighted by molar-refractivity contribution is -0.136. The molecule has 1 unspecified atom stereocenters. The Hall–Kier alpha value is -1.05. The molecule has 0 heterocycles. The highest BCUT2D eigenvalue weighted by Gasteiger charge is 2.29. The van der Waals surface area contributed by atoms with Crippen molar-refractivity contribution in [1.82, 2.24) is 5.01 Å². The van der Waals surface area contributed by atoms with Crippen molar-refractivity contribution in [1.29, 1.82) is 0 Å². The average Bonchev–Trinajstić information content (AvgIpc) is 2.45. The van der Waals surface area contributed by atoms with Crippen molar-refractivity contribution in [2.24, 2.45) is 11.0 Å². The molecule has 0 aromatic heterocycles. The first kappa shape index (κ1) is 16.0. The normalized spacial score (nSPS) is 19.5. The number of allylic oxidation sites excluding steroid dienone is 2. The second kappa shape index (κ2) is 7.52. The molecule has 0 radical (unpaired) electrons. The van der Waals surface area contributed by atoms with E-state index in [-0.39, 0.29) is 11.9 Å². The molecule has 0 saturated carbocycles. The van der Waals surface area contributed by atoms with Gasteiger partial charge in [0.05, 0.1) is 12.7 Å². The van der Waals surface area contributed by atoms with Crippen LogP contribution in [0.1, 0.15) is 26.2 Å². The van der Waals surface area contributed by atoms with Crippen LogP contribution < -0.4 is 0 Å². The number of ether oxygens (including phenoxy) is 1. The molecule has 1 aliphatic carbocycles. The smallest absolute Gasteiger partial charge is 0.337 e. The highest BCUT2D eigenvalue weighted by atomic mass is 127. The number of carbonyl (C=O) groups excluding carboxylic acids is 1. The summed E-state index contributed by atoms with van der Waals surface area (Å²) in [6.45, 7) is 5.92. The van der Waals surface area contributed by atoms with Gasteiger partial charge in [-0.2, -0.15) is 5.10 Å². The Balaban J connectivity index is 2.86. The van der Waals surface area contributed by atoms with Crippen LogP contribution in [0.2, 0.25) is 0 Å². The largest absolute Gasteiger partial charge is 0.466 e. The molecular formula is C13H19IN2O3. The number of hydrogen-bond acceptors (Lipinski definition) is 5. The first-order valence-corrected chi connectivity index (χ1v) is 6.93. The van der Waals surface area contributed by atoms with Gasteiger partial charge in [0.1, 0.15) is 5.76 Å². The van der Waals surface area contributed by atoms with E-state index in [2.05, 4.69) is 11.7 Å². The number of hydrogen-bond donors (Lipinski definition) is 0. The van der Waals surface area contributed by atoms with Gasteiger partial charge in [-0.25, -0.2) is 4.79 Å². The highest BCUT2D eigenvalue weighted by molar-refractivity contribution is 14.1. The highest BCUT2D eigenvalue weighted by Crippen LogP contribution is 2.36. The van der Waals surface area contributed by atoms with Gasteiger partial charge in [0, 0.05) is 31.3 Å². The van der Waals surface area contributed by atoms with Gasteiger partial charge in [0.15, 0.2) is 23.0 Å². The average molecular weight is 378 g/mol. The lowest BCUT2D eigenvalue weighted by Gasteiger charge is -2.29. The minimum absolute atomic E-state index is 0.179. The molecule has 1 rings (SSSR count). The molecule has 0 bridgehead atoms. The van der Waals surface area contributed by atoms with Crippen molar-refractivity contribution in [3.63, 3.8) is 0 Å². The fraction of sp³-hybridized carbons (Fsp3) is 0.538.